The molecule has 0 aliphatic carbocycles. The van der Waals surface area contributed by atoms with Gasteiger partial charge in [0.15, 0.2) is 0 Å². The second-order valence-electron chi connectivity index (χ2n) is 7.50. The van der Waals surface area contributed by atoms with Crippen LogP contribution in [0.1, 0.15) is 33.9 Å². The van der Waals surface area contributed by atoms with Gasteiger partial charge in [0.2, 0.25) is 5.91 Å². The number of benzene rings is 2. The molecule has 29 heavy (non-hydrogen) atoms. The summed E-state index contributed by atoms with van der Waals surface area (Å²) in [5, 5.41) is 9.85. The Bertz CT molecular complexity index is 823. The fraction of sp³-hybridized carbons (Fsp3) is 0.391. The zero-order valence-electron chi connectivity index (χ0n) is 17.0. The molecule has 2 atom stereocenters. The highest BCUT2D eigenvalue weighted by Crippen LogP contribution is 2.24. The van der Waals surface area contributed by atoms with E-state index in [1.54, 1.807) is 29.2 Å². The lowest BCUT2D eigenvalue weighted by atomic mass is 10.0. The Morgan fingerprint density at radius 2 is 1.86 bits per heavy atom. The Kier molecular flexibility index (Phi) is 7.01. The number of carbonyl (C=O) groups is 2. The summed E-state index contributed by atoms with van der Waals surface area (Å²) in [5.74, 6) is -0.388. The van der Waals surface area contributed by atoms with E-state index >= 15 is 0 Å². The number of β-amino-alcohol motifs (C(OH)–C–C–N with tert-alkyl or cyclic N) is 1. The van der Waals surface area contributed by atoms with E-state index in [1.165, 1.54) is 7.11 Å². The van der Waals surface area contributed by atoms with Crippen molar-refractivity contribution in [2.75, 3.05) is 33.8 Å². The van der Waals surface area contributed by atoms with Gasteiger partial charge in [-0.3, -0.25) is 9.69 Å². The van der Waals surface area contributed by atoms with Crippen LogP contribution in [0, 0.1) is 0 Å². The van der Waals surface area contributed by atoms with Crippen molar-refractivity contribution in [3.63, 3.8) is 0 Å². The maximum Gasteiger partial charge on any atom is 0.337 e. The SMILES string of the molecule is COC(=O)c1ccc(CC(=O)N(C)C(CN2CCC(O)C2)c2ccccc2)cc1. The third-order valence-electron chi connectivity index (χ3n) is 5.45. The first-order chi connectivity index (χ1) is 14.0. The average molecular weight is 396 g/mol. The van der Waals surface area contributed by atoms with Gasteiger partial charge in [-0.15, -0.1) is 0 Å². The molecular formula is C23H28N2O4. The van der Waals surface area contributed by atoms with E-state index in [-0.39, 0.29) is 24.5 Å². The first-order valence-corrected chi connectivity index (χ1v) is 9.86. The molecule has 0 saturated carbocycles. The van der Waals surface area contributed by atoms with Crippen molar-refractivity contribution in [2.45, 2.75) is 25.0 Å². The molecule has 154 valence electrons. The van der Waals surface area contributed by atoms with Crippen molar-refractivity contribution in [1.82, 2.24) is 9.80 Å². The van der Waals surface area contributed by atoms with Gasteiger partial charge >= 0.3 is 5.97 Å². The van der Waals surface area contributed by atoms with Gasteiger partial charge in [-0.05, 0) is 29.7 Å². The molecule has 2 aromatic rings. The first-order valence-electron chi connectivity index (χ1n) is 9.86. The van der Waals surface area contributed by atoms with Crippen molar-refractivity contribution in [3.05, 3.63) is 71.3 Å². The largest absolute Gasteiger partial charge is 0.465 e. The number of amides is 1. The highest BCUT2D eigenvalue weighted by Gasteiger charge is 2.28. The normalized spacial score (nSPS) is 17.7. The summed E-state index contributed by atoms with van der Waals surface area (Å²) in [5.41, 5.74) is 2.38. The number of hydrogen-bond donors (Lipinski definition) is 1. The molecule has 1 saturated heterocycles. The number of carbonyl (C=O) groups excluding carboxylic acids is 2. The number of rotatable bonds is 7. The maximum absolute atomic E-state index is 13.0. The van der Waals surface area contributed by atoms with Crippen LogP contribution in [0.4, 0.5) is 0 Å². The number of aliphatic hydroxyl groups is 1. The summed E-state index contributed by atoms with van der Waals surface area (Å²) >= 11 is 0. The molecule has 3 rings (SSSR count). The lowest BCUT2D eigenvalue weighted by Crippen LogP contribution is -2.39. The van der Waals surface area contributed by atoms with Crippen LogP contribution in [0.15, 0.2) is 54.6 Å². The zero-order chi connectivity index (χ0) is 20.8. The summed E-state index contributed by atoms with van der Waals surface area (Å²) in [4.78, 5) is 28.6. The predicted molar refractivity (Wildman–Crippen MR) is 111 cm³/mol. The number of likely N-dealkylation sites (tertiary alicyclic amines) is 1. The Labute approximate surface area is 171 Å². The number of aliphatic hydroxyl groups excluding tert-OH is 1. The molecule has 1 heterocycles. The van der Waals surface area contributed by atoms with Crippen molar-refractivity contribution in [1.29, 1.82) is 0 Å². The van der Waals surface area contributed by atoms with E-state index in [2.05, 4.69) is 4.90 Å². The van der Waals surface area contributed by atoms with Crippen LogP contribution in [-0.4, -0.2) is 66.7 Å². The number of methoxy groups -OCH3 is 1. The van der Waals surface area contributed by atoms with Crippen LogP contribution in [0.25, 0.3) is 0 Å². The second-order valence-corrected chi connectivity index (χ2v) is 7.50. The van der Waals surface area contributed by atoms with Crippen LogP contribution in [0.2, 0.25) is 0 Å². The standard InChI is InChI=1S/C23H28N2O4/c1-24(22(27)14-17-8-10-19(11-9-17)23(28)29-2)21(18-6-4-3-5-7-18)16-25-13-12-20(26)15-25/h3-11,20-21,26H,12-16H2,1-2H3. The predicted octanol–water partition coefficient (Wildman–Crippen LogP) is 2.28. The molecule has 0 radical (unpaired) electrons. The molecule has 1 N–H and O–H groups in total. The van der Waals surface area contributed by atoms with Crippen LogP contribution in [-0.2, 0) is 16.0 Å². The molecule has 1 aliphatic rings. The van der Waals surface area contributed by atoms with Crippen LogP contribution < -0.4 is 0 Å². The summed E-state index contributed by atoms with van der Waals surface area (Å²) < 4.78 is 4.71. The lowest BCUT2D eigenvalue weighted by molar-refractivity contribution is -0.131. The number of nitrogens with zero attached hydrogens (tertiary/aromatic N) is 2. The van der Waals surface area contributed by atoms with E-state index < -0.39 is 5.97 Å². The van der Waals surface area contributed by atoms with Crippen molar-refractivity contribution >= 4 is 11.9 Å². The van der Waals surface area contributed by atoms with Crippen molar-refractivity contribution in [2.24, 2.45) is 0 Å². The van der Waals surface area contributed by atoms with Gasteiger partial charge in [-0.25, -0.2) is 4.79 Å². The van der Waals surface area contributed by atoms with Crippen LogP contribution >= 0.6 is 0 Å². The third kappa shape index (κ3) is 5.43. The number of esters is 1. The molecule has 2 unspecified atom stereocenters. The molecule has 2 aromatic carbocycles. The summed E-state index contributed by atoms with van der Waals surface area (Å²) in [6.45, 7) is 2.16. The minimum atomic E-state index is -0.392. The molecule has 1 aliphatic heterocycles. The molecule has 1 amide bonds. The zero-order valence-corrected chi connectivity index (χ0v) is 17.0. The summed E-state index contributed by atoms with van der Waals surface area (Å²) in [7, 11) is 3.17. The molecule has 1 fully saturated rings. The quantitative estimate of drug-likeness (QED) is 0.727. The number of hydrogen-bond acceptors (Lipinski definition) is 5. The van der Waals surface area contributed by atoms with E-state index in [0.29, 0.717) is 18.7 Å². The van der Waals surface area contributed by atoms with Gasteiger partial charge in [0.1, 0.15) is 0 Å². The van der Waals surface area contributed by atoms with Gasteiger partial charge in [0.25, 0.3) is 0 Å². The van der Waals surface area contributed by atoms with Gasteiger partial charge < -0.3 is 14.7 Å². The molecule has 0 spiro atoms. The first kappa shape index (κ1) is 21.0. The second kappa shape index (κ2) is 9.67. The van der Waals surface area contributed by atoms with E-state index in [9.17, 15) is 14.7 Å². The van der Waals surface area contributed by atoms with Gasteiger partial charge in [0, 0.05) is 26.7 Å². The Hall–Kier alpha value is -2.70. The fourth-order valence-electron chi connectivity index (χ4n) is 3.70. The van der Waals surface area contributed by atoms with Gasteiger partial charge in [-0.1, -0.05) is 42.5 Å². The molecule has 0 bridgehead atoms. The summed E-state index contributed by atoms with van der Waals surface area (Å²) in [6.07, 6.45) is 0.732. The smallest absolute Gasteiger partial charge is 0.337 e. The minimum absolute atomic E-state index is 0.00409. The fourth-order valence-corrected chi connectivity index (χ4v) is 3.70. The minimum Gasteiger partial charge on any atom is -0.465 e. The molecule has 0 aromatic heterocycles. The van der Waals surface area contributed by atoms with Gasteiger partial charge in [0.05, 0.1) is 31.2 Å². The highest BCUT2D eigenvalue weighted by molar-refractivity contribution is 5.89. The number of likely N-dealkylation sites (N-methyl/N-ethyl adjacent to an activating group) is 1. The topological polar surface area (TPSA) is 70.1 Å². The average Bonchev–Trinajstić information content (AvgIpc) is 3.17. The molecule has 6 heteroatoms. The van der Waals surface area contributed by atoms with Crippen LogP contribution in [0.5, 0.6) is 0 Å². The van der Waals surface area contributed by atoms with Gasteiger partial charge in [-0.2, -0.15) is 0 Å². The molecule has 6 nitrogen and oxygen atoms in total. The Morgan fingerprint density at radius 3 is 2.45 bits per heavy atom. The summed E-state index contributed by atoms with van der Waals surface area (Å²) in [6, 6.07) is 16.8. The maximum atomic E-state index is 13.0. The van der Waals surface area contributed by atoms with Crippen LogP contribution in [0.3, 0.4) is 0 Å². The number of ether oxygens (including phenoxy) is 1. The van der Waals surface area contributed by atoms with E-state index in [0.717, 1.165) is 24.1 Å². The Morgan fingerprint density at radius 1 is 1.17 bits per heavy atom. The Balaban J connectivity index is 1.71. The highest BCUT2D eigenvalue weighted by atomic mass is 16.5. The third-order valence-corrected chi connectivity index (χ3v) is 5.45. The van der Waals surface area contributed by atoms with Crippen molar-refractivity contribution in [3.8, 4) is 0 Å². The van der Waals surface area contributed by atoms with E-state index in [1.807, 2.05) is 37.4 Å². The lowest BCUT2D eigenvalue weighted by Gasteiger charge is -2.32. The molecular weight excluding hydrogens is 368 g/mol. The monoisotopic (exact) mass is 396 g/mol. The van der Waals surface area contributed by atoms with Crippen molar-refractivity contribution < 1.29 is 19.4 Å². The van der Waals surface area contributed by atoms with E-state index in [4.69, 9.17) is 4.74 Å².